The molecule has 1 nitrogen and oxygen atoms in total. The summed E-state index contributed by atoms with van der Waals surface area (Å²) in [7, 11) is 0. The van der Waals surface area contributed by atoms with E-state index in [0.717, 1.165) is 12.0 Å². The zero-order valence-corrected chi connectivity index (χ0v) is 12.2. The number of hydrogen-bond acceptors (Lipinski definition) is 1. The highest BCUT2D eigenvalue weighted by Gasteiger charge is 2.19. The molecule has 0 saturated carbocycles. The van der Waals surface area contributed by atoms with E-state index in [9.17, 15) is 0 Å². The Balaban J connectivity index is 4.97. The van der Waals surface area contributed by atoms with E-state index in [2.05, 4.69) is 46.9 Å². The van der Waals surface area contributed by atoms with Crippen LogP contribution in [0.3, 0.4) is 0 Å². The van der Waals surface area contributed by atoms with Crippen molar-refractivity contribution in [2.45, 2.75) is 47.1 Å². The fourth-order valence-corrected chi connectivity index (χ4v) is 2.33. The van der Waals surface area contributed by atoms with Gasteiger partial charge in [-0.15, -0.1) is 6.58 Å². The lowest BCUT2D eigenvalue weighted by atomic mass is 9.79. The Labute approximate surface area is 107 Å². The Morgan fingerprint density at radius 3 is 2.06 bits per heavy atom. The van der Waals surface area contributed by atoms with Crippen molar-refractivity contribution in [1.29, 1.82) is 0 Å². The summed E-state index contributed by atoms with van der Waals surface area (Å²) >= 11 is 0. The van der Waals surface area contributed by atoms with Gasteiger partial charge in [0.25, 0.3) is 0 Å². The van der Waals surface area contributed by atoms with E-state index >= 15 is 0 Å². The monoisotopic (exact) mass is 235 g/mol. The molecule has 0 aromatic rings. The van der Waals surface area contributed by atoms with Crippen molar-refractivity contribution in [2.24, 2.45) is 23.5 Å². The van der Waals surface area contributed by atoms with Crippen molar-refractivity contribution in [2.75, 3.05) is 0 Å². The van der Waals surface area contributed by atoms with E-state index in [-0.39, 0.29) is 6.04 Å². The molecule has 0 radical (unpaired) electrons. The van der Waals surface area contributed by atoms with Crippen LogP contribution < -0.4 is 5.73 Å². The second kappa shape index (κ2) is 7.50. The van der Waals surface area contributed by atoms with Gasteiger partial charge in [0.2, 0.25) is 0 Å². The van der Waals surface area contributed by atoms with Crippen molar-refractivity contribution in [3.8, 4) is 0 Å². The van der Waals surface area contributed by atoms with Crippen LogP contribution in [-0.4, -0.2) is 6.04 Å². The minimum atomic E-state index is 0.0609. The molecule has 0 aromatic carbocycles. The zero-order chi connectivity index (χ0) is 13.6. The molecule has 3 atom stereocenters. The van der Waals surface area contributed by atoms with Gasteiger partial charge in [0, 0.05) is 6.04 Å². The molecule has 17 heavy (non-hydrogen) atoms. The summed E-state index contributed by atoms with van der Waals surface area (Å²) in [6, 6.07) is 0.0609. The Hall–Kier alpha value is -0.820. The predicted octanol–water partition coefficient (Wildman–Crippen LogP) is 4.32. The van der Waals surface area contributed by atoms with Gasteiger partial charge in [-0.2, -0.15) is 0 Å². The van der Waals surface area contributed by atoms with Gasteiger partial charge in [-0.25, -0.2) is 0 Å². The third kappa shape index (κ3) is 5.88. The quantitative estimate of drug-likeness (QED) is 0.516. The Bertz CT molecular complexity index is 284. The summed E-state index contributed by atoms with van der Waals surface area (Å²) in [5, 5.41) is 0. The van der Waals surface area contributed by atoms with Crippen LogP contribution in [-0.2, 0) is 0 Å². The number of hydrogen-bond donors (Lipinski definition) is 1. The molecule has 0 aliphatic carbocycles. The summed E-state index contributed by atoms with van der Waals surface area (Å²) in [6.45, 7) is 18.8. The maximum atomic E-state index is 5.94. The van der Waals surface area contributed by atoms with Crippen LogP contribution in [0.2, 0.25) is 0 Å². The van der Waals surface area contributed by atoms with Crippen molar-refractivity contribution >= 4 is 0 Å². The summed E-state index contributed by atoms with van der Waals surface area (Å²) < 4.78 is 0. The van der Waals surface area contributed by atoms with Crippen LogP contribution in [0, 0.1) is 17.8 Å². The van der Waals surface area contributed by atoms with Gasteiger partial charge in [0.1, 0.15) is 0 Å². The van der Waals surface area contributed by atoms with E-state index in [1.807, 2.05) is 13.0 Å². The van der Waals surface area contributed by atoms with E-state index in [4.69, 9.17) is 5.73 Å². The standard InChI is InChI=1S/C16H29N/c1-8-15(14(7)17)10-16(12(4)5)13(6)9-11(2)3/h8,10,12-14,16H,1-2,9,17H2,3-7H3/b15-10+. The fourth-order valence-electron chi connectivity index (χ4n) is 2.33. The lowest BCUT2D eigenvalue weighted by Gasteiger charge is -2.26. The smallest absolute Gasteiger partial charge is 0.0262 e. The van der Waals surface area contributed by atoms with E-state index < -0.39 is 0 Å². The summed E-state index contributed by atoms with van der Waals surface area (Å²) in [5.41, 5.74) is 8.34. The minimum Gasteiger partial charge on any atom is -0.324 e. The zero-order valence-electron chi connectivity index (χ0n) is 12.2. The second-order valence-electron chi connectivity index (χ2n) is 5.62. The first-order valence-electron chi connectivity index (χ1n) is 6.53. The molecule has 0 spiro atoms. The third-order valence-corrected chi connectivity index (χ3v) is 3.24. The molecule has 98 valence electrons. The molecule has 0 saturated heterocycles. The first-order valence-corrected chi connectivity index (χ1v) is 6.53. The highest BCUT2D eigenvalue weighted by atomic mass is 14.6. The maximum absolute atomic E-state index is 5.94. The van der Waals surface area contributed by atoms with Crippen molar-refractivity contribution < 1.29 is 0 Å². The van der Waals surface area contributed by atoms with E-state index in [1.165, 1.54) is 5.57 Å². The predicted molar refractivity (Wildman–Crippen MR) is 78.9 cm³/mol. The lowest BCUT2D eigenvalue weighted by Crippen LogP contribution is -2.21. The van der Waals surface area contributed by atoms with E-state index in [0.29, 0.717) is 17.8 Å². The molecule has 0 bridgehead atoms. The summed E-state index contributed by atoms with van der Waals surface area (Å²) in [5.74, 6) is 1.74. The molecule has 0 rings (SSSR count). The van der Waals surface area contributed by atoms with Gasteiger partial charge in [-0.3, -0.25) is 0 Å². The fraction of sp³-hybridized carbons (Fsp3) is 0.625. The highest BCUT2D eigenvalue weighted by molar-refractivity contribution is 5.23. The molecule has 0 aliphatic rings. The molecule has 0 heterocycles. The topological polar surface area (TPSA) is 26.0 Å². The Morgan fingerprint density at radius 2 is 1.76 bits per heavy atom. The minimum absolute atomic E-state index is 0.0609. The van der Waals surface area contributed by atoms with Crippen LogP contribution in [0.1, 0.15) is 41.0 Å². The Kier molecular flexibility index (Phi) is 7.13. The van der Waals surface area contributed by atoms with Crippen LogP contribution in [0.15, 0.2) is 36.5 Å². The van der Waals surface area contributed by atoms with Gasteiger partial charge in [-0.05, 0) is 43.6 Å². The van der Waals surface area contributed by atoms with Gasteiger partial charge >= 0.3 is 0 Å². The number of allylic oxidation sites excluding steroid dienone is 2. The number of nitrogens with two attached hydrogens (primary N) is 1. The normalized spacial score (nSPS) is 17.7. The lowest BCUT2D eigenvalue weighted by molar-refractivity contribution is 0.330. The number of rotatable bonds is 7. The molecule has 0 aliphatic heterocycles. The van der Waals surface area contributed by atoms with Crippen molar-refractivity contribution in [3.05, 3.63) is 36.5 Å². The van der Waals surface area contributed by atoms with Gasteiger partial charge in [0.05, 0.1) is 0 Å². The molecular weight excluding hydrogens is 206 g/mol. The van der Waals surface area contributed by atoms with Crippen LogP contribution in [0.25, 0.3) is 0 Å². The summed E-state index contributed by atoms with van der Waals surface area (Å²) in [4.78, 5) is 0. The Morgan fingerprint density at radius 1 is 1.24 bits per heavy atom. The first-order chi connectivity index (χ1) is 7.79. The first kappa shape index (κ1) is 16.2. The van der Waals surface area contributed by atoms with Gasteiger partial charge in [0.15, 0.2) is 0 Å². The van der Waals surface area contributed by atoms with Crippen LogP contribution in [0.5, 0.6) is 0 Å². The van der Waals surface area contributed by atoms with Crippen molar-refractivity contribution in [1.82, 2.24) is 0 Å². The van der Waals surface area contributed by atoms with Gasteiger partial charge in [-0.1, -0.05) is 45.1 Å². The molecule has 0 fully saturated rings. The van der Waals surface area contributed by atoms with Crippen LogP contribution in [0.4, 0.5) is 0 Å². The molecule has 2 N–H and O–H groups in total. The largest absolute Gasteiger partial charge is 0.324 e. The maximum Gasteiger partial charge on any atom is 0.0262 e. The highest BCUT2D eigenvalue weighted by Crippen LogP contribution is 2.28. The molecular formula is C16H29N. The van der Waals surface area contributed by atoms with E-state index in [1.54, 1.807) is 0 Å². The second-order valence-corrected chi connectivity index (χ2v) is 5.62. The van der Waals surface area contributed by atoms with Crippen LogP contribution >= 0.6 is 0 Å². The average molecular weight is 235 g/mol. The molecule has 3 unspecified atom stereocenters. The third-order valence-electron chi connectivity index (χ3n) is 3.24. The average Bonchev–Trinajstić information content (AvgIpc) is 2.16. The molecule has 0 aromatic heterocycles. The molecule has 1 heteroatoms. The van der Waals surface area contributed by atoms with Crippen molar-refractivity contribution in [3.63, 3.8) is 0 Å². The SMILES string of the molecule is C=C/C(=C\C(C(C)C)C(C)CC(=C)C)C(C)N. The van der Waals surface area contributed by atoms with Gasteiger partial charge < -0.3 is 5.73 Å². The molecule has 0 amide bonds. The summed E-state index contributed by atoms with van der Waals surface area (Å²) in [6.07, 6.45) is 5.26.